The van der Waals surface area contributed by atoms with Crippen LogP contribution in [-0.2, 0) is 22.6 Å². The van der Waals surface area contributed by atoms with Gasteiger partial charge < -0.3 is 14.5 Å². The number of ether oxygens (including phenoxy) is 1. The van der Waals surface area contributed by atoms with Crippen LogP contribution in [0.25, 0.3) is 0 Å². The van der Waals surface area contributed by atoms with Crippen LogP contribution in [0.2, 0.25) is 0 Å². The fourth-order valence-electron chi connectivity index (χ4n) is 4.48. The standard InChI is InChI=1S/C27H40N2O2/c1-5-17-29(18-6-2,23(4)7-3)19-16-24-12-11-13-25(20-24)21-31-22-27(30)28-26-14-9-8-10-15-26/h8-15,20,23H,5-7,16-19,21-22H2,1-4H3/p+1. The van der Waals surface area contributed by atoms with Crippen molar-refractivity contribution in [3.63, 3.8) is 0 Å². The number of rotatable bonds is 14. The molecule has 4 heteroatoms. The Bertz CT molecular complexity index is 770. The van der Waals surface area contributed by atoms with Crippen LogP contribution in [-0.4, -0.2) is 42.7 Å². The van der Waals surface area contributed by atoms with Crippen LogP contribution in [0, 0.1) is 0 Å². The predicted molar refractivity (Wildman–Crippen MR) is 130 cm³/mol. The van der Waals surface area contributed by atoms with E-state index in [1.165, 1.54) is 48.9 Å². The van der Waals surface area contributed by atoms with E-state index in [4.69, 9.17) is 4.74 Å². The van der Waals surface area contributed by atoms with E-state index >= 15 is 0 Å². The first-order valence-electron chi connectivity index (χ1n) is 11.9. The summed E-state index contributed by atoms with van der Waals surface area (Å²) in [7, 11) is 0. The number of para-hydroxylation sites is 1. The molecule has 2 rings (SSSR count). The molecule has 0 aliphatic heterocycles. The van der Waals surface area contributed by atoms with Gasteiger partial charge in [0.25, 0.3) is 0 Å². The number of nitrogens with zero attached hydrogens (tertiary/aromatic N) is 1. The SMILES string of the molecule is CCC[N+](CCC)(CCc1cccc(COCC(=O)Nc2ccccc2)c1)C(C)CC. The van der Waals surface area contributed by atoms with Crippen molar-refractivity contribution in [2.45, 2.75) is 66.0 Å². The lowest BCUT2D eigenvalue weighted by atomic mass is 10.0. The number of nitrogens with one attached hydrogen (secondary N) is 1. The largest absolute Gasteiger partial charge is 0.367 e. The molecule has 0 bridgehead atoms. The Kier molecular flexibility index (Phi) is 10.8. The molecule has 1 atom stereocenters. The van der Waals surface area contributed by atoms with Crippen LogP contribution in [0.1, 0.15) is 58.1 Å². The predicted octanol–water partition coefficient (Wildman–Crippen LogP) is 5.82. The quantitative estimate of drug-likeness (QED) is 0.387. The molecule has 1 N–H and O–H groups in total. The Morgan fingerprint density at radius 3 is 2.26 bits per heavy atom. The van der Waals surface area contributed by atoms with Gasteiger partial charge in [0, 0.05) is 12.1 Å². The van der Waals surface area contributed by atoms with Gasteiger partial charge in [-0.3, -0.25) is 4.79 Å². The third-order valence-electron chi connectivity index (χ3n) is 6.26. The van der Waals surface area contributed by atoms with Gasteiger partial charge in [-0.2, -0.15) is 0 Å². The first kappa shape index (κ1) is 25.1. The molecule has 4 nitrogen and oxygen atoms in total. The third-order valence-corrected chi connectivity index (χ3v) is 6.26. The summed E-state index contributed by atoms with van der Waals surface area (Å²) >= 11 is 0. The molecule has 0 aliphatic carbocycles. The van der Waals surface area contributed by atoms with Crippen LogP contribution in [0.3, 0.4) is 0 Å². The average molecular weight is 426 g/mol. The molecule has 2 aromatic carbocycles. The Hall–Kier alpha value is -2.17. The number of hydrogen-bond acceptors (Lipinski definition) is 2. The van der Waals surface area contributed by atoms with Gasteiger partial charge in [-0.1, -0.05) is 63.2 Å². The Labute approximate surface area is 189 Å². The number of benzene rings is 2. The summed E-state index contributed by atoms with van der Waals surface area (Å²) in [6.07, 6.45) is 4.75. The molecule has 0 saturated carbocycles. The lowest BCUT2D eigenvalue weighted by Crippen LogP contribution is -2.56. The van der Waals surface area contributed by atoms with Crippen LogP contribution < -0.4 is 5.32 Å². The highest BCUT2D eigenvalue weighted by Gasteiger charge is 2.30. The summed E-state index contributed by atoms with van der Waals surface area (Å²) in [4.78, 5) is 12.1. The van der Waals surface area contributed by atoms with Crippen LogP contribution >= 0.6 is 0 Å². The van der Waals surface area contributed by atoms with Gasteiger partial charge in [-0.25, -0.2) is 0 Å². The highest BCUT2D eigenvalue weighted by molar-refractivity contribution is 5.91. The molecule has 31 heavy (non-hydrogen) atoms. The Morgan fingerprint density at radius 1 is 0.935 bits per heavy atom. The molecule has 0 radical (unpaired) electrons. The smallest absolute Gasteiger partial charge is 0.250 e. The molecule has 1 unspecified atom stereocenters. The van der Waals surface area contributed by atoms with Crippen molar-refractivity contribution in [1.82, 2.24) is 0 Å². The average Bonchev–Trinajstić information content (AvgIpc) is 2.78. The second-order valence-electron chi connectivity index (χ2n) is 8.62. The maximum absolute atomic E-state index is 12.1. The molecule has 170 valence electrons. The van der Waals surface area contributed by atoms with Crippen LogP contribution in [0.5, 0.6) is 0 Å². The van der Waals surface area contributed by atoms with Crippen molar-refractivity contribution in [3.05, 3.63) is 65.7 Å². The second kappa shape index (κ2) is 13.3. The van der Waals surface area contributed by atoms with E-state index in [1.54, 1.807) is 0 Å². The van der Waals surface area contributed by atoms with Crippen LogP contribution in [0.15, 0.2) is 54.6 Å². The number of anilines is 1. The minimum absolute atomic E-state index is 0.0557. The molecule has 0 fully saturated rings. The van der Waals surface area contributed by atoms with Gasteiger partial charge in [0.05, 0.1) is 32.3 Å². The molecule has 2 aromatic rings. The number of quaternary nitrogens is 1. The maximum atomic E-state index is 12.1. The van der Waals surface area contributed by atoms with Crippen LogP contribution in [0.4, 0.5) is 5.69 Å². The maximum Gasteiger partial charge on any atom is 0.250 e. The Balaban J connectivity index is 1.89. The molecule has 0 spiro atoms. The minimum atomic E-state index is -0.128. The summed E-state index contributed by atoms with van der Waals surface area (Å²) in [5, 5.41) is 2.85. The zero-order chi connectivity index (χ0) is 22.5. The third kappa shape index (κ3) is 8.12. The van der Waals surface area contributed by atoms with E-state index in [1.807, 2.05) is 30.3 Å². The van der Waals surface area contributed by atoms with Crippen molar-refractivity contribution in [2.75, 3.05) is 31.6 Å². The van der Waals surface area contributed by atoms with Crippen molar-refractivity contribution in [1.29, 1.82) is 0 Å². The van der Waals surface area contributed by atoms with E-state index in [0.29, 0.717) is 12.6 Å². The highest BCUT2D eigenvalue weighted by Crippen LogP contribution is 2.21. The lowest BCUT2D eigenvalue weighted by Gasteiger charge is -2.44. The van der Waals surface area contributed by atoms with E-state index in [0.717, 1.165) is 17.7 Å². The molecule has 0 aliphatic rings. The number of amides is 1. The van der Waals surface area contributed by atoms with Crippen molar-refractivity contribution in [3.8, 4) is 0 Å². The highest BCUT2D eigenvalue weighted by atomic mass is 16.5. The van der Waals surface area contributed by atoms with Gasteiger partial charge in [0.1, 0.15) is 6.61 Å². The van der Waals surface area contributed by atoms with Gasteiger partial charge in [-0.15, -0.1) is 0 Å². The normalized spacial score (nSPS) is 12.5. The first-order valence-corrected chi connectivity index (χ1v) is 11.9. The summed E-state index contributed by atoms with van der Waals surface area (Å²) in [6.45, 7) is 13.5. The van der Waals surface area contributed by atoms with E-state index in [2.05, 4.69) is 57.3 Å². The fraction of sp³-hybridized carbons (Fsp3) is 0.519. The van der Waals surface area contributed by atoms with Gasteiger partial charge >= 0.3 is 0 Å². The lowest BCUT2D eigenvalue weighted by molar-refractivity contribution is -0.949. The number of carbonyl (C=O) groups is 1. The second-order valence-corrected chi connectivity index (χ2v) is 8.62. The van der Waals surface area contributed by atoms with E-state index < -0.39 is 0 Å². The summed E-state index contributed by atoms with van der Waals surface area (Å²) < 4.78 is 6.88. The minimum Gasteiger partial charge on any atom is -0.367 e. The molecule has 0 heterocycles. The molecular formula is C27H41N2O2+. The monoisotopic (exact) mass is 425 g/mol. The zero-order valence-electron chi connectivity index (χ0n) is 19.9. The molecule has 0 aromatic heterocycles. The van der Waals surface area contributed by atoms with Crippen molar-refractivity contribution < 1.29 is 14.0 Å². The summed E-state index contributed by atoms with van der Waals surface area (Å²) in [6, 6.07) is 18.8. The van der Waals surface area contributed by atoms with Gasteiger partial charge in [0.2, 0.25) is 5.91 Å². The number of carbonyl (C=O) groups excluding carboxylic acids is 1. The van der Waals surface area contributed by atoms with Gasteiger partial charge in [0.15, 0.2) is 0 Å². The topological polar surface area (TPSA) is 38.3 Å². The first-order chi connectivity index (χ1) is 15.0. The Morgan fingerprint density at radius 2 is 1.61 bits per heavy atom. The summed E-state index contributed by atoms with van der Waals surface area (Å²) in [5.41, 5.74) is 3.27. The van der Waals surface area contributed by atoms with Gasteiger partial charge in [-0.05, 0) is 49.4 Å². The van der Waals surface area contributed by atoms with E-state index in [-0.39, 0.29) is 12.5 Å². The summed E-state index contributed by atoms with van der Waals surface area (Å²) in [5.74, 6) is -0.128. The van der Waals surface area contributed by atoms with Crippen molar-refractivity contribution >= 4 is 11.6 Å². The van der Waals surface area contributed by atoms with Crippen molar-refractivity contribution in [2.24, 2.45) is 0 Å². The van der Waals surface area contributed by atoms with E-state index in [9.17, 15) is 4.79 Å². The molecule has 0 saturated heterocycles. The fourth-order valence-corrected chi connectivity index (χ4v) is 4.48. The number of hydrogen-bond donors (Lipinski definition) is 1. The molecular weight excluding hydrogens is 384 g/mol. The zero-order valence-corrected chi connectivity index (χ0v) is 19.9. The molecule has 1 amide bonds.